The number of primary amides is 1. The predicted molar refractivity (Wildman–Crippen MR) is 152 cm³/mol. The summed E-state index contributed by atoms with van der Waals surface area (Å²) >= 11 is 0.745. The molecule has 0 saturated carbocycles. The Kier molecular flexibility index (Phi) is 9.10. The largest absolute Gasteiger partial charge is 0.494 e. The van der Waals surface area contributed by atoms with Gasteiger partial charge in [-0.05, 0) is 60.6 Å². The van der Waals surface area contributed by atoms with Gasteiger partial charge < -0.3 is 31.0 Å². The minimum atomic E-state index is -1.11. The molecule has 212 valence electrons. The van der Waals surface area contributed by atoms with Crippen LogP contribution in [0, 0.1) is 5.92 Å². The van der Waals surface area contributed by atoms with Crippen LogP contribution in [0.2, 0.25) is 0 Å². The molecule has 1 aliphatic heterocycles. The predicted octanol–water partition coefficient (Wildman–Crippen LogP) is 3.54. The Bertz CT molecular complexity index is 1370. The quantitative estimate of drug-likeness (QED) is 0.317. The van der Waals surface area contributed by atoms with Gasteiger partial charge in [0.25, 0.3) is 11.8 Å². The Morgan fingerprint density at radius 1 is 1.10 bits per heavy atom. The van der Waals surface area contributed by atoms with Crippen LogP contribution >= 0.6 is 11.5 Å². The number of carbonyl (C=O) groups excluding carboxylic acids is 3. The normalized spacial score (nSPS) is 13.0. The Morgan fingerprint density at radius 3 is 2.42 bits per heavy atom. The summed E-state index contributed by atoms with van der Waals surface area (Å²) < 4.78 is 21.0. The van der Waals surface area contributed by atoms with Crippen LogP contribution in [0.15, 0.2) is 42.5 Å². The van der Waals surface area contributed by atoms with Gasteiger partial charge in [-0.3, -0.25) is 19.3 Å². The van der Waals surface area contributed by atoms with Gasteiger partial charge in [0.2, 0.25) is 5.91 Å². The van der Waals surface area contributed by atoms with Crippen molar-refractivity contribution in [1.29, 1.82) is 0 Å². The number of rotatable bonds is 11. The lowest BCUT2D eigenvalue weighted by atomic mass is 10.0. The lowest BCUT2D eigenvalue weighted by Gasteiger charge is -2.32. The minimum Gasteiger partial charge on any atom is -0.494 e. The van der Waals surface area contributed by atoms with Gasteiger partial charge in [0.05, 0.1) is 12.3 Å². The maximum Gasteiger partial charge on any atom is 0.273 e. The monoisotopic (exact) mass is 567 g/mol. The van der Waals surface area contributed by atoms with Crippen molar-refractivity contribution in [3.63, 3.8) is 0 Å². The number of nitrogens with zero attached hydrogens (tertiary/aromatic N) is 2. The lowest BCUT2D eigenvalue weighted by Crippen LogP contribution is -2.44. The summed E-state index contributed by atoms with van der Waals surface area (Å²) in [6.45, 7) is 7.63. The minimum absolute atomic E-state index is 0.0189. The Balaban J connectivity index is 1.85. The van der Waals surface area contributed by atoms with E-state index in [0.717, 1.165) is 18.0 Å². The highest BCUT2D eigenvalue weighted by molar-refractivity contribution is 7.09. The van der Waals surface area contributed by atoms with Crippen LogP contribution in [0.25, 0.3) is 0 Å². The topological polar surface area (TPSA) is 159 Å². The number of fused-ring (bicyclic) bond motifs is 1. The zero-order valence-corrected chi connectivity index (χ0v) is 23.5. The molecule has 4 rings (SSSR count). The number of aromatic nitrogens is 1. The first-order valence-corrected chi connectivity index (χ1v) is 13.8. The van der Waals surface area contributed by atoms with E-state index in [9.17, 15) is 14.4 Å². The molecule has 2 heterocycles. The number of hydrogen-bond donors (Lipinski definition) is 3. The van der Waals surface area contributed by atoms with E-state index in [1.54, 1.807) is 42.5 Å². The molecule has 0 spiro atoms. The van der Waals surface area contributed by atoms with Gasteiger partial charge in [0.1, 0.15) is 29.9 Å². The molecule has 5 N–H and O–H groups in total. The summed E-state index contributed by atoms with van der Waals surface area (Å²) in [6, 6.07) is 10.8. The molecule has 1 aliphatic rings. The Labute approximate surface area is 236 Å². The van der Waals surface area contributed by atoms with E-state index < -0.39 is 23.8 Å². The van der Waals surface area contributed by atoms with Crippen molar-refractivity contribution in [3.05, 3.63) is 58.6 Å². The second-order valence-corrected chi connectivity index (χ2v) is 10.3. The van der Waals surface area contributed by atoms with Crippen molar-refractivity contribution in [2.75, 3.05) is 37.0 Å². The summed E-state index contributed by atoms with van der Waals surface area (Å²) in [6.07, 6.45) is 0.753. The van der Waals surface area contributed by atoms with Crippen LogP contribution in [0.3, 0.4) is 0 Å². The summed E-state index contributed by atoms with van der Waals surface area (Å²) in [5, 5.41) is 2.97. The number of nitrogen functional groups attached to an aromatic ring is 1. The van der Waals surface area contributed by atoms with E-state index in [2.05, 4.69) is 23.5 Å². The third kappa shape index (κ3) is 6.28. The molecule has 0 aliphatic carbocycles. The average molecular weight is 568 g/mol. The molecule has 12 heteroatoms. The van der Waals surface area contributed by atoms with Gasteiger partial charge in [-0.25, -0.2) is 0 Å². The van der Waals surface area contributed by atoms with E-state index in [1.807, 2.05) is 6.92 Å². The molecule has 0 radical (unpaired) electrons. The van der Waals surface area contributed by atoms with Crippen molar-refractivity contribution in [2.24, 2.45) is 11.7 Å². The van der Waals surface area contributed by atoms with E-state index in [-0.39, 0.29) is 16.3 Å². The number of ether oxygens (including phenoxy) is 3. The first-order valence-electron chi connectivity index (χ1n) is 13.0. The number of nitrogens with one attached hydrogen (secondary N) is 1. The average Bonchev–Trinajstić information content (AvgIpc) is 3.33. The highest BCUT2D eigenvalue weighted by Crippen LogP contribution is 2.39. The van der Waals surface area contributed by atoms with Crippen molar-refractivity contribution in [3.8, 4) is 17.2 Å². The summed E-state index contributed by atoms with van der Waals surface area (Å²) in [4.78, 5) is 41.2. The van der Waals surface area contributed by atoms with Crippen molar-refractivity contribution < 1.29 is 28.6 Å². The fraction of sp³-hybridized carbons (Fsp3) is 0.357. The number of carbonyl (C=O) groups is 3. The molecule has 0 unspecified atom stereocenters. The fourth-order valence-corrected chi connectivity index (χ4v) is 4.96. The molecule has 11 nitrogen and oxygen atoms in total. The molecule has 0 bridgehead atoms. The van der Waals surface area contributed by atoms with Gasteiger partial charge in [0, 0.05) is 18.3 Å². The number of amides is 3. The zero-order chi connectivity index (χ0) is 28.8. The molecule has 40 heavy (non-hydrogen) atoms. The Hall–Kier alpha value is -4.32. The Morgan fingerprint density at radius 2 is 1.80 bits per heavy atom. The fourth-order valence-electron chi connectivity index (χ4n) is 4.22. The van der Waals surface area contributed by atoms with Gasteiger partial charge in [-0.2, -0.15) is 4.37 Å². The second kappa shape index (κ2) is 12.7. The van der Waals surface area contributed by atoms with E-state index in [1.165, 1.54) is 4.90 Å². The summed E-state index contributed by atoms with van der Waals surface area (Å²) in [5.74, 6) is 0.0673. The molecule has 0 saturated heterocycles. The zero-order valence-electron chi connectivity index (χ0n) is 22.6. The standard InChI is InChI=1S/C28H33N5O6S/c1-4-37-19-8-5-17(6-9-19)24(27(35)31-12-11-16(2)3)33(18-7-10-20-21(15-18)39-14-13-38-20)28(36)25-22(29)23(26(30)34)32-40-25/h5-10,15-16,24H,4,11-14,29H2,1-3H3,(H2,30,34)(H,31,35)/t24-/m0/s1. The smallest absolute Gasteiger partial charge is 0.273 e. The lowest BCUT2D eigenvalue weighted by molar-refractivity contribution is -0.122. The van der Waals surface area contributed by atoms with Crippen LogP contribution in [-0.2, 0) is 4.79 Å². The van der Waals surface area contributed by atoms with Crippen LogP contribution in [0.1, 0.15) is 59.0 Å². The van der Waals surface area contributed by atoms with Gasteiger partial charge in [-0.1, -0.05) is 26.0 Å². The van der Waals surface area contributed by atoms with Gasteiger partial charge in [-0.15, -0.1) is 0 Å². The van der Waals surface area contributed by atoms with Crippen LogP contribution in [0.4, 0.5) is 11.4 Å². The van der Waals surface area contributed by atoms with E-state index in [0.29, 0.717) is 60.8 Å². The second-order valence-electron chi connectivity index (χ2n) is 9.52. The molecule has 3 amide bonds. The summed E-state index contributed by atoms with van der Waals surface area (Å²) in [7, 11) is 0. The molecule has 3 aromatic rings. The SMILES string of the molecule is CCOc1ccc([C@@H](C(=O)NCCC(C)C)N(C(=O)c2snc(C(N)=O)c2N)c2ccc3c(c2)OCCO3)cc1. The first-order chi connectivity index (χ1) is 19.2. The van der Waals surface area contributed by atoms with E-state index >= 15 is 0 Å². The highest BCUT2D eigenvalue weighted by Gasteiger charge is 2.36. The molecule has 1 atom stereocenters. The number of hydrogen-bond acceptors (Lipinski definition) is 9. The van der Waals surface area contributed by atoms with Gasteiger partial charge >= 0.3 is 0 Å². The van der Waals surface area contributed by atoms with Crippen LogP contribution in [0.5, 0.6) is 17.2 Å². The third-order valence-corrected chi connectivity index (χ3v) is 7.06. The maximum absolute atomic E-state index is 14.2. The third-order valence-electron chi connectivity index (χ3n) is 6.21. The van der Waals surface area contributed by atoms with Crippen LogP contribution in [-0.4, -0.2) is 48.5 Å². The first kappa shape index (κ1) is 28.7. The summed E-state index contributed by atoms with van der Waals surface area (Å²) in [5.41, 5.74) is 12.1. The molecule has 1 aromatic heterocycles. The van der Waals surface area contributed by atoms with Crippen molar-refractivity contribution >= 4 is 40.6 Å². The van der Waals surface area contributed by atoms with E-state index in [4.69, 9.17) is 25.7 Å². The highest BCUT2D eigenvalue weighted by atomic mass is 32.1. The number of anilines is 2. The molecular formula is C28H33N5O6S. The van der Waals surface area contributed by atoms with Crippen LogP contribution < -0.4 is 35.9 Å². The number of benzene rings is 2. The number of nitrogens with two attached hydrogens (primary N) is 2. The van der Waals surface area contributed by atoms with Crippen molar-refractivity contribution in [1.82, 2.24) is 9.69 Å². The molecular weight excluding hydrogens is 534 g/mol. The van der Waals surface area contributed by atoms with Crippen molar-refractivity contribution in [2.45, 2.75) is 33.2 Å². The maximum atomic E-state index is 14.2. The van der Waals surface area contributed by atoms with Gasteiger partial charge in [0.15, 0.2) is 17.2 Å². The molecule has 2 aromatic carbocycles. The molecule has 0 fully saturated rings.